The summed E-state index contributed by atoms with van der Waals surface area (Å²) in [5, 5.41) is 5.35. The van der Waals surface area contributed by atoms with Gasteiger partial charge in [-0.15, -0.1) is 11.3 Å². The first kappa shape index (κ1) is 18.4. The molecule has 5 nitrogen and oxygen atoms in total. The Hall–Kier alpha value is -1.96. The number of nitrogens with one attached hydrogen (secondary N) is 3. The molecule has 128 valence electrons. The summed E-state index contributed by atoms with van der Waals surface area (Å²) in [6.07, 6.45) is 0. The van der Waals surface area contributed by atoms with E-state index in [0.29, 0.717) is 16.5 Å². The fourth-order valence-corrected chi connectivity index (χ4v) is 3.02. The number of hydrazine groups is 1. The number of aryl methyl sites for hydroxylation is 1. The maximum atomic E-state index is 12.4. The van der Waals surface area contributed by atoms with E-state index < -0.39 is 0 Å². The van der Waals surface area contributed by atoms with E-state index in [4.69, 9.17) is 12.2 Å². The van der Waals surface area contributed by atoms with Crippen LogP contribution in [0.2, 0.25) is 0 Å². The summed E-state index contributed by atoms with van der Waals surface area (Å²) >= 11 is 6.55. The topological polar surface area (TPSA) is 56.4 Å². The molecular weight excluding hydrogens is 340 g/mol. The van der Waals surface area contributed by atoms with Gasteiger partial charge in [-0.3, -0.25) is 15.6 Å². The van der Waals surface area contributed by atoms with E-state index in [0.717, 1.165) is 17.7 Å². The van der Waals surface area contributed by atoms with Crippen LogP contribution in [-0.4, -0.2) is 43.1 Å². The average molecular weight is 363 g/mol. The summed E-state index contributed by atoms with van der Waals surface area (Å²) in [6, 6.07) is 10.1. The van der Waals surface area contributed by atoms with Crippen molar-refractivity contribution in [1.29, 1.82) is 0 Å². The van der Waals surface area contributed by atoms with Crippen LogP contribution in [0.5, 0.6) is 0 Å². The number of thiophene rings is 1. The molecule has 0 aliphatic heterocycles. The maximum Gasteiger partial charge on any atom is 0.280 e. The minimum atomic E-state index is -0.197. The monoisotopic (exact) mass is 362 g/mol. The van der Waals surface area contributed by atoms with Crippen LogP contribution >= 0.6 is 23.6 Å². The van der Waals surface area contributed by atoms with Crippen LogP contribution in [0.3, 0.4) is 0 Å². The van der Waals surface area contributed by atoms with Crippen LogP contribution in [0.25, 0.3) is 11.1 Å². The standard InChI is InChI=1S/C17H22N4OS2/c1-12-4-6-13(7-5-12)14-8-11-24-15(14)16(22)19-20-17(23)18-9-10-21(2)3/h4-8,11H,9-10H2,1-3H3,(H,19,22)(H2,18,20,23). The Morgan fingerprint density at radius 3 is 2.54 bits per heavy atom. The summed E-state index contributed by atoms with van der Waals surface area (Å²) in [5.41, 5.74) is 8.53. The fourth-order valence-electron chi connectivity index (χ4n) is 2.05. The van der Waals surface area contributed by atoms with Crippen molar-refractivity contribution in [1.82, 2.24) is 21.1 Å². The van der Waals surface area contributed by atoms with Crippen molar-refractivity contribution < 1.29 is 4.79 Å². The van der Waals surface area contributed by atoms with E-state index in [1.54, 1.807) is 0 Å². The Morgan fingerprint density at radius 1 is 1.17 bits per heavy atom. The van der Waals surface area contributed by atoms with Crippen molar-refractivity contribution in [3.05, 3.63) is 46.2 Å². The second-order valence-electron chi connectivity index (χ2n) is 5.67. The molecule has 24 heavy (non-hydrogen) atoms. The zero-order valence-corrected chi connectivity index (χ0v) is 15.7. The maximum absolute atomic E-state index is 12.4. The van der Waals surface area contributed by atoms with Gasteiger partial charge in [0, 0.05) is 18.7 Å². The molecule has 1 heterocycles. The molecule has 0 spiro atoms. The highest BCUT2D eigenvalue weighted by Crippen LogP contribution is 2.28. The zero-order chi connectivity index (χ0) is 17.5. The first-order valence-electron chi connectivity index (χ1n) is 7.61. The Balaban J connectivity index is 1.93. The normalized spacial score (nSPS) is 10.5. The second-order valence-corrected chi connectivity index (χ2v) is 6.99. The molecule has 0 aliphatic rings. The molecule has 3 N–H and O–H groups in total. The molecule has 0 fully saturated rings. The largest absolute Gasteiger partial charge is 0.360 e. The highest BCUT2D eigenvalue weighted by atomic mass is 32.1. The first-order valence-corrected chi connectivity index (χ1v) is 8.89. The molecule has 0 unspecified atom stereocenters. The minimum Gasteiger partial charge on any atom is -0.360 e. The van der Waals surface area contributed by atoms with Gasteiger partial charge in [0.2, 0.25) is 0 Å². The lowest BCUT2D eigenvalue weighted by molar-refractivity contribution is 0.0948. The smallest absolute Gasteiger partial charge is 0.280 e. The molecule has 0 saturated heterocycles. The van der Waals surface area contributed by atoms with Gasteiger partial charge in [-0.2, -0.15) is 0 Å². The van der Waals surface area contributed by atoms with Gasteiger partial charge in [-0.05, 0) is 50.2 Å². The first-order chi connectivity index (χ1) is 11.5. The Kier molecular flexibility index (Phi) is 6.72. The minimum absolute atomic E-state index is 0.197. The van der Waals surface area contributed by atoms with Gasteiger partial charge >= 0.3 is 0 Å². The van der Waals surface area contributed by atoms with Crippen molar-refractivity contribution in [2.75, 3.05) is 27.2 Å². The molecule has 1 amide bonds. The predicted octanol–water partition coefficient (Wildman–Crippen LogP) is 2.39. The van der Waals surface area contributed by atoms with Crippen molar-refractivity contribution in [3.63, 3.8) is 0 Å². The predicted molar refractivity (Wildman–Crippen MR) is 104 cm³/mol. The van der Waals surface area contributed by atoms with Gasteiger partial charge in [0.25, 0.3) is 5.91 Å². The highest BCUT2D eigenvalue weighted by molar-refractivity contribution is 7.80. The number of hydrogen-bond donors (Lipinski definition) is 3. The summed E-state index contributed by atoms with van der Waals surface area (Å²) < 4.78 is 0. The second kappa shape index (κ2) is 8.77. The molecule has 0 saturated carbocycles. The zero-order valence-electron chi connectivity index (χ0n) is 14.1. The summed E-state index contributed by atoms with van der Waals surface area (Å²) in [7, 11) is 3.98. The number of amides is 1. The van der Waals surface area contributed by atoms with Crippen molar-refractivity contribution in [2.24, 2.45) is 0 Å². The number of thiocarbonyl (C=S) groups is 1. The van der Waals surface area contributed by atoms with Crippen molar-refractivity contribution in [2.45, 2.75) is 6.92 Å². The molecule has 7 heteroatoms. The van der Waals surface area contributed by atoms with E-state index in [1.165, 1.54) is 16.9 Å². The third kappa shape index (κ3) is 5.30. The van der Waals surface area contributed by atoms with Crippen LogP contribution in [-0.2, 0) is 0 Å². The summed E-state index contributed by atoms with van der Waals surface area (Å²) in [6.45, 7) is 3.61. The number of likely N-dealkylation sites (N-methyl/N-ethyl adjacent to an activating group) is 1. The van der Waals surface area contributed by atoms with Crippen LogP contribution in [0.1, 0.15) is 15.2 Å². The Morgan fingerprint density at radius 2 is 1.88 bits per heavy atom. The van der Waals surface area contributed by atoms with Gasteiger partial charge in [-0.1, -0.05) is 29.8 Å². The number of benzene rings is 1. The van der Waals surface area contributed by atoms with E-state index in [-0.39, 0.29) is 5.91 Å². The number of rotatable bonds is 5. The fraction of sp³-hybridized carbons (Fsp3) is 0.294. The van der Waals surface area contributed by atoms with E-state index in [9.17, 15) is 4.79 Å². The third-order valence-corrected chi connectivity index (χ3v) is 4.53. The summed E-state index contributed by atoms with van der Waals surface area (Å²) in [4.78, 5) is 15.1. The molecule has 0 radical (unpaired) electrons. The van der Waals surface area contributed by atoms with E-state index in [1.807, 2.05) is 61.6 Å². The molecule has 0 atom stereocenters. The van der Waals surface area contributed by atoms with E-state index >= 15 is 0 Å². The molecule has 1 aromatic heterocycles. The number of carbonyl (C=O) groups excluding carboxylic acids is 1. The molecular formula is C17H22N4OS2. The molecule has 2 aromatic rings. The third-order valence-electron chi connectivity index (χ3n) is 3.37. The van der Waals surface area contributed by atoms with Gasteiger partial charge in [0.05, 0.1) is 0 Å². The SMILES string of the molecule is Cc1ccc(-c2ccsc2C(=O)NNC(=S)NCCN(C)C)cc1. The Labute approximate surface area is 152 Å². The molecule has 0 aliphatic carbocycles. The summed E-state index contributed by atoms with van der Waals surface area (Å²) in [5.74, 6) is -0.197. The van der Waals surface area contributed by atoms with E-state index in [2.05, 4.69) is 16.2 Å². The van der Waals surface area contributed by atoms with Gasteiger partial charge < -0.3 is 10.2 Å². The molecule has 1 aromatic carbocycles. The lowest BCUT2D eigenvalue weighted by atomic mass is 10.1. The number of hydrogen-bond acceptors (Lipinski definition) is 4. The quantitative estimate of drug-likeness (QED) is 0.563. The molecule has 0 bridgehead atoms. The Bertz CT molecular complexity index is 695. The average Bonchev–Trinajstić information content (AvgIpc) is 3.02. The number of nitrogens with zero attached hydrogens (tertiary/aromatic N) is 1. The van der Waals surface area contributed by atoms with Gasteiger partial charge in [0.15, 0.2) is 5.11 Å². The lowest BCUT2D eigenvalue weighted by Gasteiger charge is -2.14. The van der Waals surface area contributed by atoms with Crippen LogP contribution in [0.15, 0.2) is 35.7 Å². The van der Waals surface area contributed by atoms with Crippen molar-refractivity contribution >= 4 is 34.6 Å². The molecule has 2 rings (SSSR count). The van der Waals surface area contributed by atoms with Crippen molar-refractivity contribution in [3.8, 4) is 11.1 Å². The van der Waals surface area contributed by atoms with Crippen LogP contribution in [0.4, 0.5) is 0 Å². The van der Waals surface area contributed by atoms with Gasteiger partial charge in [0.1, 0.15) is 4.88 Å². The van der Waals surface area contributed by atoms with Crippen LogP contribution < -0.4 is 16.2 Å². The number of carbonyl (C=O) groups is 1. The van der Waals surface area contributed by atoms with Gasteiger partial charge in [-0.25, -0.2) is 0 Å². The lowest BCUT2D eigenvalue weighted by Crippen LogP contribution is -2.47. The highest BCUT2D eigenvalue weighted by Gasteiger charge is 2.14. The van der Waals surface area contributed by atoms with Crippen LogP contribution in [0, 0.1) is 6.92 Å².